The monoisotopic (exact) mass is 427 g/mol. The molecule has 1 N–H and O–H groups in total. The number of piperidine rings is 1. The van der Waals surface area contributed by atoms with E-state index in [0.29, 0.717) is 36.8 Å². The van der Waals surface area contributed by atoms with Crippen LogP contribution in [0.25, 0.3) is 10.6 Å². The molecular formula is C20H21N5O2S2. The zero-order valence-corrected chi connectivity index (χ0v) is 17.8. The summed E-state index contributed by atoms with van der Waals surface area (Å²) in [6, 6.07) is 6.23. The number of aromatic nitrogens is 3. The molecule has 1 aliphatic heterocycles. The zero-order valence-electron chi connectivity index (χ0n) is 16.2. The van der Waals surface area contributed by atoms with Crippen molar-refractivity contribution >= 4 is 39.6 Å². The van der Waals surface area contributed by atoms with Crippen molar-refractivity contribution in [1.29, 1.82) is 0 Å². The number of carbonyl (C=O) groups is 2. The topological polar surface area (TPSA) is 88.1 Å². The number of hydrogen-bond donors (Lipinski definition) is 1. The minimum atomic E-state index is -0.121. The Morgan fingerprint density at radius 2 is 1.97 bits per heavy atom. The summed E-state index contributed by atoms with van der Waals surface area (Å²) in [4.78, 5) is 31.6. The van der Waals surface area contributed by atoms with Gasteiger partial charge in [-0.05, 0) is 32.3 Å². The van der Waals surface area contributed by atoms with Crippen LogP contribution in [-0.2, 0) is 4.79 Å². The van der Waals surface area contributed by atoms with Gasteiger partial charge in [0, 0.05) is 30.0 Å². The van der Waals surface area contributed by atoms with Gasteiger partial charge in [-0.1, -0.05) is 35.1 Å². The van der Waals surface area contributed by atoms with Crippen LogP contribution < -0.4 is 5.32 Å². The highest BCUT2D eigenvalue weighted by atomic mass is 32.1. The average molecular weight is 428 g/mol. The van der Waals surface area contributed by atoms with Gasteiger partial charge < -0.3 is 10.2 Å². The quantitative estimate of drug-likeness (QED) is 0.685. The predicted octanol–water partition coefficient (Wildman–Crippen LogP) is 3.77. The number of aryl methyl sites for hydroxylation is 2. The SMILES string of the molecule is Cc1ccc(-c2nc(C(=O)N3CCC(C(=O)Nc4nncs4)CC3)cs2)c(C)c1. The van der Waals surface area contributed by atoms with Crippen LogP contribution in [0, 0.1) is 19.8 Å². The molecule has 0 aliphatic carbocycles. The van der Waals surface area contributed by atoms with Crippen LogP contribution in [0.2, 0.25) is 0 Å². The van der Waals surface area contributed by atoms with E-state index in [0.717, 1.165) is 16.1 Å². The van der Waals surface area contributed by atoms with Gasteiger partial charge in [-0.2, -0.15) is 0 Å². The van der Waals surface area contributed by atoms with Crippen molar-refractivity contribution in [2.24, 2.45) is 5.92 Å². The Hall–Kier alpha value is -2.65. The summed E-state index contributed by atoms with van der Waals surface area (Å²) >= 11 is 2.78. The highest BCUT2D eigenvalue weighted by Gasteiger charge is 2.29. The number of nitrogens with zero attached hydrogens (tertiary/aromatic N) is 4. The normalized spacial score (nSPS) is 14.8. The molecule has 0 atom stereocenters. The lowest BCUT2D eigenvalue weighted by molar-refractivity contribution is -0.121. The van der Waals surface area contributed by atoms with Gasteiger partial charge >= 0.3 is 0 Å². The lowest BCUT2D eigenvalue weighted by Gasteiger charge is -2.30. The predicted molar refractivity (Wildman–Crippen MR) is 114 cm³/mol. The maximum atomic E-state index is 12.9. The summed E-state index contributed by atoms with van der Waals surface area (Å²) in [6.07, 6.45) is 1.26. The molecule has 2 amide bonds. The van der Waals surface area contributed by atoms with E-state index in [1.165, 1.54) is 28.2 Å². The van der Waals surface area contributed by atoms with Gasteiger partial charge in [0.05, 0.1) is 0 Å². The van der Waals surface area contributed by atoms with Crippen LogP contribution >= 0.6 is 22.7 Å². The molecule has 1 aromatic carbocycles. The van der Waals surface area contributed by atoms with Gasteiger partial charge in [-0.15, -0.1) is 21.5 Å². The minimum Gasteiger partial charge on any atom is -0.337 e. The van der Waals surface area contributed by atoms with Crippen LogP contribution in [0.15, 0.2) is 29.1 Å². The fourth-order valence-corrected chi connectivity index (χ4v) is 4.82. The van der Waals surface area contributed by atoms with E-state index in [4.69, 9.17) is 0 Å². The van der Waals surface area contributed by atoms with Crippen molar-refractivity contribution in [3.8, 4) is 10.6 Å². The maximum absolute atomic E-state index is 12.9. The molecule has 1 saturated heterocycles. The van der Waals surface area contributed by atoms with Crippen molar-refractivity contribution in [1.82, 2.24) is 20.1 Å². The third kappa shape index (κ3) is 4.35. The summed E-state index contributed by atoms with van der Waals surface area (Å²) in [5.74, 6) is -0.246. The highest BCUT2D eigenvalue weighted by molar-refractivity contribution is 7.13. The highest BCUT2D eigenvalue weighted by Crippen LogP contribution is 2.28. The van der Waals surface area contributed by atoms with Crippen molar-refractivity contribution in [3.05, 3.63) is 45.9 Å². The second-order valence-electron chi connectivity index (χ2n) is 7.16. The number of nitrogens with one attached hydrogen (secondary N) is 1. The molecule has 3 aromatic rings. The Morgan fingerprint density at radius 1 is 1.17 bits per heavy atom. The van der Waals surface area contributed by atoms with E-state index in [2.05, 4.69) is 52.5 Å². The summed E-state index contributed by atoms with van der Waals surface area (Å²) in [5.41, 5.74) is 5.48. The van der Waals surface area contributed by atoms with E-state index < -0.39 is 0 Å². The van der Waals surface area contributed by atoms with Crippen molar-refractivity contribution in [3.63, 3.8) is 0 Å². The van der Waals surface area contributed by atoms with E-state index in [1.54, 1.807) is 10.4 Å². The lowest BCUT2D eigenvalue weighted by Crippen LogP contribution is -2.41. The van der Waals surface area contributed by atoms with Crippen LogP contribution in [0.4, 0.5) is 5.13 Å². The van der Waals surface area contributed by atoms with Gasteiger partial charge in [-0.3, -0.25) is 9.59 Å². The van der Waals surface area contributed by atoms with E-state index in [1.807, 2.05) is 5.38 Å². The zero-order chi connectivity index (χ0) is 20.4. The summed E-state index contributed by atoms with van der Waals surface area (Å²) < 4.78 is 0. The van der Waals surface area contributed by atoms with E-state index in [9.17, 15) is 9.59 Å². The Morgan fingerprint density at radius 3 is 2.66 bits per heavy atom. The Bertz CT molecular complexity index is 1020. The van der Waals surface area contributed by atoms with Gasteiger partial charge in [0.2, 0.25) is 11.0 Å². The number of benzene rings is 1. The average Bonchev–Trinajstić information content (AvgIpc) is 3.40. The molecule has 0 unspecified atom stereocenters. The van der Waals surface area contributed by atoms with Crippen LogP contribution in [0.3, 0.4) is 0 Å². The number of likely N-dealkylation sites (tertiary alicyclic amines) is 1. The van der Waals surface area contributed by atoms with Gasteiger partial charge in [0.25, 0.3) is 5.91 Å². The fourth-order valence-electron chi connectivity index (χ4n) is 3.49. The minimum absolute atomic E-state index is 0.0559. The fraction of sp³-hybridized carbons (Fsp3) is 0.350. The number of anilines is 1. The van der Waals surface area contributed by atoms with Crippen molar-refractivity contribution in [2.45, 2.75) is 26.7 Å². The molecule has 9 heteroatoms. The van der Waals surface area contributed by atoms with Crippen LogP contribution in [0.1, 0.15) is 34.5 Å². The second-order valence-corrected chi connectivity index (χ2v) is 8.85. The molecule has 0 bridgehead atoms. The van der Waals surface area contributed by atoms with E-state index in [-0.39, 0.29) is 17.7 Å². The standard InChI is InChI=1S/C20H21N5O2S2/c1-12-3-4-15(13(2)9-12)18-22-16(10-28-18)19(27)25-7-5-14(6-8-25)17(26)23-20-24-21-11-29-20/h3-4,9-11,14H,5-8H2,1-2H3,(H,23,24,26). The molecule has 4 rings (SSSR count). The first-order valence-corrected chi connectivity index (χ1v) is 11.2. The summed E-state index contributed by atoms with van der Waals surface area (Å²) in [7, 11) is 0. The molecule has 1 aliphatic rings. The molecule has 2 aromatic heterocycles. The molecule has 0 radical (unpaired) electrons. The Balaban J connectivity index is 1.37. The van der Waals surface area contributed by atoms with Gasteiger partial charge in [0.15, 0.2) is 0 Å². The number of hydrogen-bond acceptors (Lipinski definition) is 7. The second kappa shape index (κ2) is 8.38. The summed E-state index contributed by atoms with van der Waals surface area (Å²) in [5, 5.41) is 13.5. The Kier molecular flexibility index (Phi) is 5.68. The van der Waals surface area contributed by atoms with Crippen LogP contribution in [-0.4, -0.2) is 45.0 Å². The molecule has 29 heavy (non-hydrogen) atoms. The molecule has 0 saturated carbocycles. The molecule has 7 nitrogen and oxygen atoms in total. The first kappa shape index (κ1) is 19.7. The number of amides is 2. The lowest BCUT2D eigenvalue weighted by atomic mass is 9.96. The Labute approximate surface area is 176 Å². The van der Waals surface area contributed by atoms with Crippen LogP contribution in [0.5, 0.6) is 0 Å². The maximum Gasteiger partial charge on any atom is 0.273 e. The first-order valence-electron chi connectivity index (χ1n) is 9.40. The van der Waals surface area contributed by atoms with Crippen molar-refractivity contribution < 1.29 is 9.59 Å². The largest absolute Gasteiger partial charge is 0.337 e. The van der Waals surface area contributed by atoms with Gasteiger partial charge in [0.1, 0.15) is 16.2 Å². The number of thiazole rings is 1. The molecule has 150 valence electrons. The number of rotatable bonds is 4. The molecule has 3 heterocycles. The number of carbonyl (C=O) groups excluding carboxylic acids is 2. The molecule has 0 spiro atoms. The smallest absolute Gasteiger partial charge is 0.273 e. The molecule has 1 fully saturated rings. The third-order valence-corrected chi connectivity index (χ3v) is 6.56. The van der Waals surface area contributed by atoms with Gasteiger partial charge in [-0.25, -0.2) is 4.98 Å². The van der Waals surface area contributed by atoms with Crippen molar-refractivity contribution in [2.75, 3.05) is 18.4 Å². The first-order chi connectivity index (χ1) is 14.0. The third-order valence-electron chi connectivity index (χ3n) is 5.08. The summed E-state index contributed by atoms with van der Waals surface area (Å²) in [6.45, 7) is 5.21. The van der Waals surface area contributed by atoms with E-state index >= 15 is 0 Å². The molecular weight excluding hydrogens is 406 g/mol.